The first-order valence-corrected chi connectivity index (χ1v) is 5.24. The molecular formula is C11H7NO3S. The minimum atomic E-state index is -0.759. The van der Waals surface area contributed by atoms with Crippen LogP contribution in [0.3, 0.4) is 0 Å². The summed E-state index contributed by atoms with van der Waals surface area (Å²) in [7, 11) is 1.25. The van der Waals surface area contributed by atoms with Crippen LogP contribution in [0.1, 0.15) is 5.56 Å². The normalized spacial score (nSPS) is 9.75. The standard InChI is InChI=1S/C11H7NO3S/c1-14-11(13)15-9-5-7-3-2-4-8(6-12)10(7)16-9/h2-5H,1H3. The molecule has 0 atom stereocenters. The fourth-order valence-electron chi connectivity index (χ4n) is 1.30. The van der Waals surface area contributed by atoms with Gasteiger partial charge in [0, 0.05) is 6.07 Å². The van der Waals surface area contributed by atoms with Crippen molar-refractivity contribution in [2.24, 2.45) is 0 Å². The lowest BCUT2D eigenvalue weighted by molar-refractivity contribution is 0.123. The first-order chi connectivity index (χ1) is 7.74. The van der Waals surface area contributed by atoms with E-state index in [2.05, 4.69) is 10.8 Å². The third-order valence-corrected chi connectivity index (χ3v) is 3.05. The lowest BCUT2D eigenvalue weighted by atomic mass is 10.2. The molecule has 2 aromatic rings. The van der Waals surface area contributed by atoms with Crippen LogP contribution in [0.4, 0.5) is 4.79 Å². The van der Waals surface area contributed by atoms with E-state index < -0.39 is 6.16 Å². The Morgan fingerprint density at radius 1 is 1.50 bits per heavy atom. The van der Waals surface area contributed by atoms with Crippen LogP contribution in [0.2, 0.25) is 0 Å². The number of hydrogen-bond donors (Lipinski definition) is 0. The van der Waals surface area contributed by atoms with Crippen molar-refractivity contribution in [1.82, 2.24) is 0 Å². The second kappa shape index (κ2) is 4.21. The maximum absolute atomic E-state index is 10.9. The highest BCUT2D eigenvalue weighted by molar-refractivity contribution is 7.21. The number of hydrogen-bond acceptors (Lipinski definition) is 5. The van der Waals surface area contributed by atoms with Crippen LogP contribution in [-0.4, -0.2) is 13.3 Å². The molecule has 1 heterocycles. The van der Waals surface area contributed by atoms with Gasteiger partial charge in [0.25, 0.3) is 0 Å². The number of rotatable bonds is 1. The van der Waals surface area contributed by atoms with Gasteiger partial charge in [0.1, 0.15) is 6.07 Å². The molecule has 1 aromatic heterocycles. The summed E-state index contributed by atoms with van der Waals surface area (Å²) in [5, 5.41) is 10.2. The van der Waals surface area contributed by atoms with Gasteiger partial charge < -0.3 is 9.47 Å². The average Bonchev–Trinajstić information content (AvgIpc) is 2.70. The molecule has 16 heavy (non-hydrogen) atoms. The number of nitrogens with zero attached hydrogens (tertiary/aromatic N) is 1. The summed E-state index contributed by atoms with van der Waals surface area (Å²) in [5.74, 6) is 0. The van der Waals surface area contributed by atoms with Gasteiger partial charge >= 0.3 is 6.16 Å². The van der Waals surface area contributed by atoms with E-state index in [1.165, 1.54) is 18.4 Å². The number of carbonyl (C=O) groups excluding carboxylic acids is 1. The van der Waals surface area contributed by atoms with Crippen molar-refractivity contribution in [3.63, 3.8) is 0 Å². The molecule has 0 amide bonds. The molecule has 0 aliphatic heterocycles. The van der Waals surface area contributed by atoms with Crippen LogP contribution < -0.4 is 4.74 Å². The minimum absolute atomic E-state index is 0.421. The zero-order valence-electron chi connectivity index (χ0n) is 8.39. The third kappa shape index (κ3) is 1.83. The van der Waals surface area contributed by atoms with Gasteiger partial charge in [0.15, 0.2) is 5.06 Å². The van der Waals surface area contributed by atoms with Crippen LogP contribution in [0, 0.1) is 11.3 Å². The van der Waals surface area contributed by atoms with Crippen LogP contribution >= 0.6 is 11.3 Å². The van der Waals surface area contributed by atoms with E-state index in [-0.39, 0.29) is 0 Å². The van der Waals surface area contributed by atoms with Crippen molar-refractivity contribution < 1.29 is 14.3 Å². The molecule has 0 saturated heterocycles. The van der Waals surface area contributed by atoms with Gasteiger partial charge in [0.2, 0.25) is 0 Å². The van der Waals surface area contributed by atoms with E-state index >= 15 is 0 Å². The van der Waals surface area contributed by atoms with Crippen LogP contribution in [0.25, 0.3) is 10.1 Å². The van der Waals surface area contributed by atoms with Gasteiger partial charge in [-0.05, 0) is 11.5 Å². The van der Waals surface area contributed by atoms with Gasteiger partial charge in [-0.25, -0.2) is 4.79 Å². The van der Waals surface area contributed by atoms with Gasteiger partial charge in [-0.2, -0.15) is 5.26 Å². The average molecular weight is 233 g/mol. The topological polar surface area (TPSA) is 59.3 Å². The smallest absolute Gasteiger partial charge is 0.437 e. The van der Waals surface area contributed by atoms with Crippen molar-refractivity contribution >= 4 is 27.6 Å². The van der Waals surface area contributed by atoms with Crippen molar-refractivity contribution in [3.8, 4) is 11.1 Å². The van der Waals surface area contributed by atoms with Crippen LogP contribution in [-0.2, 0) is 4.74 Å². The predicted octanol–water partition coefficient (Wildman–Crippen LogP) is 2.92. The molecule has 0 aliphatic carbocycles. The first kappa shape index (κ1) is 10.5. The first-order valence-electron chi connectivity index (χ1n) is 4.43. The molecule has 0 radical (unpaired) electrons. The summed E-state index contributed by atoms with van der Waals surface area (Å²) < 4.78 is 10.1. The Bertz CT molecular complexity index is 582. The Morgan fingerprint density at radius 2 is 2.31 bits per heavy atom. The Labute approximate surface area is 95.6 Å². The number of nitriles is 1. The van der Waals surface area contributed by atoms with E-state index in [1.54, 1.807) is 18.2 Å². The van der Waals surface area contributed by atoms with Crippen LogP contribution in [0.15, 0.2) is 24.3 Å². The highest BCUT2D eigenvalue weighted by Gasteiger charge is 2.10. The highest BCUT2D eigenvalue weighted by Crippen LogP contribution is 2.33. The summed E-state index contributed by atoms with van der Waals surface area (Å²) in [4.78, 5) is 10.9. The number of thiophene rings is 1. The Morgan fingerprint density at radius 3 is 3.00 bits per heavy atom. The molecule has 1 aromatic carbocycles. The van der Waals surface area contributed by atoms with E-state index in [0.717, 1.165) is 10.1 Å². The zero-order chi connectivity index (χ0) is 11.5. The molecule has 0 fully saturated rings. The summed E-state index contributed by atoms with van der Waals surface area (Å²) in [6, 6.07) is 9.16. The van der Waals surface area contributed by atoms with Crippen molar-refractivity contribution in [2.75, 3.05) is 7.11 Å². The van der Waals surface area contributed by atoms with E-state index in [1.807, 2.05) is 6.07 Å². The molecule has 0 N–H and O–H groups in total. The predicted molar refractivity (Wildman–Crippen MR) is 59.6 cm³/mol. The molecule has 4 nitrogen and oxygen atoms in total. The van der Waals surface area contributed by atoms with Gasteiger partial charge in [0.05, 0.1) is 17.4 Å². The second-order valence-corrected chi connectivity index (χ2v) is 3.97. The van der Waals surface area contributed by atoms with Crippen molar-refractivity contribution in [2.45, 2.75) is 0 Å². The van der Waals surface area contributed by atoms with Crippen molar-refractivity contribution in [3.05, 3.63) is 29.8 Å². The molecule has 0 unspecified atom stereocenters. The molecule has 2 rings (SSSR count). The third-order valence-electron chi connectivity index (χ3n) is 1.99. The fraction of sp³-hybridized carbons (Fsp3) is 0.0909. The van der Waals surface area contributed by atoms with Crippen molar-refractivity contribution in [1.29, 1.82) is 5.26 Å². The molecule has 80 valence electrons. The second-order valence-electron chi connectivity index (χ2n) is 2.96. The molecule has 0 saturated carbocycles. The number of fused-ring (bicyclic) bond motifs is 1. The molecular weight excluding hydrogens is 226 g/mol. The van der Waals surface area contributed by atoms with Crippen LogP contribution in [0.5, 0.6) is 5.06 Å². The van der Waals surface area contributed by atoms with Gasteiger partial charge in [-0.1, -0.05) is 23.5 Å². The molecule has 0 spiro atoms. The van der Waals surface area contributed by atoms with Gasteiger partial charge in [-0.3, -0.25) is 0 Å². The maximum Gasteiger partial charge on any atom is 0.514 e. The summed E-state index contributed by atoms with van der Waals surface area (Å²) in [6.45, 7) is 0. The maximum atomic E-state index is 10.9. The lowest BCUT2D eigenvalue weighted by Gasteiger charge is -1.96. The van der Waals surface area contributed by atoms with Gasteiger partial charge in [-0.15, -0.1) is 0 Å². The summed E-state index contributed by atoms with van der Waals surface area (Å²) in [5.41, 5.74) is 0.571. The number of ether oxygens (including phenoxy) is 2. The monoisotopic (exact) mass is 233 g/mol. The quantitative estimate of drug-likeness (QED) is 0.710. The SMILES string of the molecule is COC(=O)Oc1cc2cccc(C#N)c2s1. The van der Waals surface area contributed by atoms with E-state index in [0.29, 0.717) is 10.6 Å². The Balaban J connectivity index is 2.45. The minimum Gasteiger partial charge on any atom is -0.437 e. The number of benzene rings is 1. The number of carbonyl (C=O) groups is 1. The lowest BCUT2D eigenvalue weighted by Crippen LogP contribution is -2.05. The molecule has 0 bridgehead atoms. The Kier molecular flexibility index (Phi) is 2.75. The Hall–Kier alpha value is -2.06. The summed E-state index contributed by atoms with van der Waals surface area (Å²) >= 11 is 1.25. The largest absolute Gasteiger partial charge is 0.514 e. The van der Waals surface area contributed by atoms with E-state index in [9.17, 15) is 4.79 Å². The summed E-state index contributed by atoms with van der Waals surface area (Å²) in [6.07, 6.45) is -0.759. The highest BCUT2D eigenvalue weighted by atomic mass is 32.1. The number of methoxy groups -OCH3 is 1. The zero-order valence-corrected chi connectivity index (χ0v) is 9.21. The fourth-order valence-corrected chi connectivity index (χ4v) is 2.27. The molecule has 5 heteroatoms. The molecule has 0 aliphatic rings. The van der Waals surface area contributed by atoms with E-state index in [4.69, 9.17) is 10.00 Å².